The molecule has 0 aliphatic rings. The summed E-state index contributed by atoms with van der Waals surface area (Å²) >= 11 is 0. The van der Waals surface area contributed by atoms with Gasteiger partial charge in [0.15, 0.2) is 17.5 Å². The van der Waals surface area contributed by atoms with Crippen LogP contribution in [0.2, 0.25) is 0 Å². The van der Waals surface area contributed by atoms with Crippen molar-refractivity contribution in [1.82, 2.24) is 15.6 Å². The highest BCUT2D eigenvalue weighted by molar-refractivity contribution is 5.79. The SMILES string of the molecule is CCOc1cccc(CNC(=NC)NCc2nc(C)c(C)o2)c1OC(F)F. The number of rotatable bonds is 8. The first-order valence-electron chi connectivity index (χ1n) is 8.51. The molecule has 0 unspecified atom stereocenters. The van der Waals surface area contributed by atoms with Gasteiger partial charge in [-0.1, -0.05) is 12.1 Å². The van der Waals surface area contributed by atoms with Crippen LogP contribution in [0, 0.1) is 13.8 Å². The Balaban J connectivity index is 2.03. The van der Waals surface area contributed by atoms with Crippen molar-refractivity contribution in [3.05, 3.63) is 41.1 Å². The van der Waals surface area contributed by atoms with Crippen molar-refractivity contribution in [3.63, 3.8) is 0 Å². The zero-order valence-electron chi connectivity index (χ0n) is 15.8. The number of ether oxygens (including phenoxy) is 2. The summed E-state index contributed by atoms with van der Waals surface area (Å²) in [6.07, 6.45) is 0. The van der Waals surface area contributed by atoms with E-state index >= 15 is 0 Å². The van der Waals surface area contributed by atoms with Crippen molar-refractivity contribution < 1.29 is 22.7 Å². The summed E-state index contributed by atoms with van der Waals surface area (Å²) in [5.74, 6) is 2.04. The molecule has 0 aliphatic carbocycles. The first-order chi connectivity index (χ1) is 12.9. The lowest BCUT2D eigenvalue weighted by molar-refractivity contribution is -0.0520. The fraction of sp³-hybridized carbons (Fsp3) is 0.444. The summed E-state index contributed by atoms with van der Waals surface area (Å²) in [6, 6.07) is 4.99. The zero-order valence-corrected chi connectivity index (χ0v) is 15.8. The van der Waals surface area contributed by atoms with Crippen molar-refractivity contribution in [3.8, 4) is 11.5 Å². The number of nitrogens with one attached hydrogen (secondary N) is 2. The number of aliphatic imine (C=N–C) groups is 1. The zero-order chi connectivity index (χ0) is 19.8. The van der Waals surface area contributed by atoms with Gasteiger partial charge in [-0.3, -0.25) is 4.99 Å². The Hall–Kier alpha value is -2.84. The van der Waals surface area contributed by atoms with E-state index in [1.807, 2.05) is 13.8 Å². The number of aromatic nitrogens is 1. The van der Waals surface area contributed by atoms with Gasteiger partial charge >= 0.3 is 6.61 Å². The van der Waals surface area contributed by atoms with Gasteiger partial charge in [0.2, 0.25) is 5.89 Å². The molecule has 0 saturated heterocycles. The number of benzene rings is 1. The van der Waals surface area contributed by atoms with Gasteiger partial charge < -0.3 is 24.5 Å². The molecular formula is C18H24F2N4O3. The minimum absolute atomic E-state index is 0.0104. The van der Waals surface area contributed by atoms with Crippen LogP contribution in [0.25, 0.3) is 0 Å². The molecule has 2 N–H and O–H groups in total. The van der Waals surface area contributed by atoms with Gasteiger partial charge in [-0.05, 0) is 26.8 Å². The van der Waals surface area contributed by atoms with Crippen LogP contribution in [-0.4, -0.2) is 31.2 Å². The molecule has 0 amide bonds. The Bertz CT molecular complexity index is 758. The van der Waals surface area contributed by atoms with Crippen molar-refractivity contribution in [2.45, 2.75) is 40.5 Å². The maximum atomic E-state index is 12.8. The minimum Gasteiger partial charge on any atom is -0.490 e. The number of alkyl halides is 2. The van der Waals surface area contributed by atoms with Crippen LogP contribution in [0.4, 0.5) is 8.78 Å². The molecule has 1 aromatic carbocycles. The first kappa shape index (κ1) is 20.5. The summed E-state index contributed by atoms with van der Waals surface area (Å²) in [5.41, 5.74) is 1.35. The quantitative estimate of drug-likeness (QED) is 0.539. The predicted molar refractivity (Wildman–Crippen MR) is 97.3 cm³/mol. The van der Waals surface area contributed by atoms with Crippen LogP contribution in [-0.2, 0) is 13.1 Å². The predicted octanol–water partition coefficient (Wildman–Crippen LogP) is 3.16. The Labute approximate surface area is 156 Å². The Kier molecular flexibility index (Phi) is 7.39. The number of halogens is 2. The van der Waals surface area contributed by atoms with Crippen molar-refractivity contribution in [2.75, 3.05) is 13.7 Å². The van der Waals surface area contributed by atoms with Crippen molar-refractivity contribution >= 4 is 5.96 Å². The van der Waals surface area contributed by atoms with Crippen LogP contribution in [0.3, 0.4) is 0 Å². The number of oxazole rings is 1. The third kappa shape index (κ3) is 5.83. The van der Waals surface area contributed by atoms with Crippen molar-refractivity contribution in [2.24, 2.45) is 4.99 Å². The molecule has 7 nitrogen and oxygen atoms in total. The summed E-state index contributed by atoms with van der Waals surface area (Å²) in [6.45, 7) is 3.43. The number of guanidine groups is 1. The van der Waals surface area contributed by atoms with Gasteiger partial charge in [0.25, 0.3) is 0 Å². The van der Waals surface area contributed by atoms with Gasteiger partial charge in [0.1, 0.15) is 5.76 Å². The minimum atomic E-state index is -2.95. The number of hydrogen-bond donors (Lipinski definition) is 2. The summed E-state index contributed by atoms with van der Waals surface area (Å²) < 4.78 is 41.1. The number of aryl methyl sites for hydroxylation is 2. The molecule has 1 heterocycles. The largest absolute Gasteiger partial charge is 0.490 e. The van der Waals surface area contributed by atoms with Crippen molar-refractivity contribution in [1.29, 1.82) is 0 Å². The molecule has 148 valence electrons. The third-order valence-corrected chi connectivity index (χ3v) is 3.72. The van der Waals surface area contributed by atoms with Gasteiger partial charge in [-0.25, -0.2) is 4.98 Å². The van der Waals surface area contributed by atoms with Gasteiger partial charge in [0, 0.05) is 19.2 Å². The van der Waals surface area contributed by atoms with E-state index in [9.17, 15) is 8.78 Å². The third-order valence-electron chi connectivity index (χ3n) is 3.72. The molecule has 0 saturated carbocycles. The van der Waals surface area contributed by atoms with E-state index in [-0.39, 0.29) is 18.0 Å². The number of hydrogen-bond acceptors (Lipinski definition) is 5. The molecule has 0 radical (unpaired) electrons. The highest BCUT2D eigenvalue weighted by atomic mass is 19.3. The standard InChI is InChI=1S/C18H24F2N4O3/c1-5-25-14-8-6-7-13(16(14)27-17(19)20)9-22-18(21-4)23-10-15-24-11(2)12(3)26-15/h6-8,17H,5,9-10H2,1-4H3,(H2,21,22,23). The average Bonchev–Trinajstić information content (AvgIpc) is 2.95. The molecule has 0 atom stereocenters. The Morgan fingerprint density at radius 1 is 1.26 bits per heavy atom. The van der Waals surface area contributed by atoms with E-state index in [0.717, 1.165) is 11.5 Å². The summed E-state index contributed by atoms with van der Waals surface area (Å²) in [7, 11) is 1.61. The summed E-state index contributed by atoms with van der Waals surface area (Å²) in [4.78, 5) is 8.38. The molecule has 0 aliphatic heterocycles. The molecule has 0 spiro atoms. The normalized spacial score (nSPS) is 11.6. The average molecular weight is 382 g/mol. The fourth-order valence-corrected chi connectivity index (χ4v) is 2.37. The second-order valence-corrected chi connectivity index (χ2v) is 5.58. The van der Waals surface area contributed by atoms with Crippen LogP contribution in [0.1, 0.15) is 29.8 Å². The van der Waals surface area contributed by atoms with Crippen LogP contribution in [0.15, 0.2) is 27.6 Å². The van der Waals surface area contributed by atoms with E-state index in [1.54, 1.807) is 32.2 Å². The molecule has 27 heavy (non-hydrogen) atoms. The van der Waals surface area contributed by atoms with E-state index in [4.69, 9.17) is 9.15 Å². The molecule has 2 aromatic rings. The van der Waals surface area contributed by atoms with E-state index in [0.29, 0.717) is 30.6 Å². The fourth-order valence-electron chi connectivity index (χ4n) is 2.37. The van der Waals surface area contributed by atoms with Gasteiger partial charge in [0.05, 0.1) is 18.8 Å². The lowest BCUT2D eigenvalue weighted by atomic mass is 10.2. The monoisotopic (exact) mass is 382 g/mol. The van der Waals surface area contributed by atoms with Crippen LogP contribution >= 0.6 is 0 Å². The van der Waals surface area contributed by atoms with Crippen LogP contribution < -0.4 is 20.1 Å². The maximum Gasteiger partial charge on any atom is 0.387 e. The van der Waals surface area contributed by atoms with E-state index in [1.165, 1.54) is 0 Å². The maximum absolute atomic E-state index is 12.8. The molecule has 0 fully saturated rings. The highest BCUT2D eigenvalue weighted by Crippen LogP contribution is 2.32. The molecule has 9 heteroatoms. The van der Waals surface area contributed by atoms with E-state index < -0.39 is 6.61 Å². The molecule has 2 rings (SSSR count). The Morgan fingerprint density at radius 2 is 2.00 bits per heavy atom. The number of para-hydroxylation sites is 1. The summed E-state index contributed by atoms with van der Waals surface area (Å²) in [5, 5.41) is 6.11. The Morgan fingerprint density at radius 3 is 2.59 bits per heavy atom. The second-order valence-electron chi connectivity index (χ2n) is 5.58. The second kappa shape index (κ2) is 9.75. The number of nitrogens with zero attached hydrogens (tertiary/aromatic N) is 2. The highest BCUT2D eigenvalue weighted by Gasteiger charge is 2.16. The molecular weight excluding hydrogens is 358 g/mol. The first-order valence-corrected chi connectivity index (χ1v) is 8.51. The van der Waals surface area contributed by atoms with Gasteiger partial charge in [-0.2, -0.15) is 8.78 Å². The van der Waals surface area contributed by atoms with E-state index in [2.05, 4.69) is 25.3 Å². The topological polar surface area (TPSA) is 80.9 Å². The molecule has 1 aromatic heterocycles. The lowest BCUT2D eigenvalue weighted by Gasteiger charge is -2.17. The van der Waals surface area contributed by atoms with Gasteiger partial charge in [-0.15, -0.1) is 0 Å². The lowest BCUT2D eigenvalue weighted by Crippen LogP contribution is -2.36. The van der Waals surface area contributed by atoms with Crippen LogP contribution in [0.5, 0.6) is 11.5 Å². The smallest absolute Gasteiger partial charge is 0.387 e. The molecule has 0 bridgehead atoms.